The number of carbonyl (C=O) groups is 1. The third kappa shape index (κ3) is 7.81. The zero-order chi connectivity index (χ0) is 8.69. The van der Waals surface area contributed by atoms with Crippen LogP contribution in [0.4, 0.5) is 4.79 Å². The summed E-state index contributed by atoms with van der Waals surface area (Å²) in [5.41, 5.74) is 0. The smallest absolute Gasteiger partial charge is 0.200 e. The van der Waals surface area contributed by atoms with Gasteiger partial charge in [-0.15, -0.1) is 0 Å². The Labute approximate surface area is 74.9 Å². The number of hydrogen-bond acceptors (Lipinski definition) is 3. The van der Waals surface area contributed by atoms with E-state index in [1.807, 2.05) is 0 Å². The van der Waals surface area contributed by atoms with Crippen LogP contribution in [0.1, 0.15) is 12.8 Å². The van der Waals surface area contributed by atoms with Gasteiger partial charge in [-0.2, -0.15) is 12.6 Å². The summed E-state index contributed by atoms with van der Waals surface area (Å²) in [7, 11) is 9.89. The van der Waals surface area contributed by atoms with Gasteiger partial charge in [-0.05, 0) is 19.4 Å². The van der Waals surface area contributed by atoms with Crippen LogP contribution in [0.15, 0.2) is 0 Å². The molecule has 0 spiro atoms. The molecule has 0 saturated heterocycles. The summed E-state index contributed by atoms with van der Waals surface area (Å²) in [5, 5.41) is 4.75. The molecule has 0 aromatic rings. The van der Waals surface area contributed by atoms with E-state index >= 15 is 0 Å². The largest absolute Gasteiger partial charge is 0.366 e. The highest BCUT2D eigenvalue weighted by molar-refractivity contribution is 7.80. The van der Waals surface area contributed by atoms with Crippen LogP contribution >= 0.6 is 12.6 Å². The standard InChI is InChI=1S/C5H10B2N2OS/c6-5(10)9-4(11)2-1-3-8-7/h4,8,11H,1-3H2,(H,9,10). The Morgan fingerprint density at radius 3 is 2.73 bits per heavy atom. The van der Waals surface area contributed by atoms with E-state index in [1.54, 1.807) is 0 Å². The van der Waals surface area contributed by atoms with Gasteiger partial charge in [-0.3, -0.25) is 4.79 Å². The maximum Gasteiger partial charge on any atom is 0.200 e. The highest BCUT2D eigenvalue weighted by Crippen LogP contribution is 1.99. The number of carbonyl (C=O) groups excluding carboxylic acids is 1. The predicted octanol–water partition coefficient (Wildman–Crippen LogP) is -0.426. The van der Waals surface area contributed by atoms with E-state index < -0.39 is 5.81 Å². The molecule has 1 unspecified atom stereocenters. The summed E-state index contributed by atoms with van der Waals surface area (Å²) in [4.78, 5) is 10.3. The average Bonchev–Trinajstić information content (AvgIpc) is 1.86. The van der Waals surface area contributed by atoms with Crippen molar-refractivity contribution in [1.82, 2.24) is 10.5 Å². The van der Waals surface area contributed by atoms with Crippen LogP contribution in [0.5, 0.6) is 0 Å². The van der Waals surface area contributed by atoms with Gasteiger partial charge >= 0.3 is 0 Å². The van der Waals surface area contributed by atoms with E-state index in [4.69, 9.17) is 15.8 Å². The van der Waals surface area contributed by atoms with Gasteiger partial charge in [0.1, 0.15) is 0 Å². The molecule has 0 heterocycles. The molecule has 0 aliphatic heterocycles. The molecule has 58 valence electrons. The Kier molecular flexibility index (Phi) is 6.56. The van der Waals surface area contributed by atoms with Crippen molar-refractivity contribution in [3.05, 3.63) is 0 Å². The fourth-order valence-corrected chi connectivity index (χ4v) is 0.944. The predicted molar refractivity (Wildman–Crippen MR) is 50.1 cm³/mol. The van der Waals surface area contributed by atoms with Crippen LogP contribution in [-0.4, -0.2) is 33.6 Å². The number of amides is 1. The van der Waals surface area contributed by atoms with E-state index in [-0.39, 0.29) is 5.37 Å². The van der Waals surface area contributed by atoms with Gasteiger partial charge in [0, 0.05) is 0 Å². The summed E-state index contributed by atoms with van der Waals surface area (Å²) in [6, 6.07) is 0. The number of rotatable bonds is 5. The SMILES string of the molecule is [B]NCCCC(S)NC([B])=O. The van der Waals surface area contributed by atoms with Crippen molar-refractivity contribution in [2.75, 3.05) is 6.54 Å². The lowest BCUT2D eigenvalue weighted by Crippen LogP contribution is -2.30. The lowest BCUT2D eigenvalue weighted by Gasteiger charge is -2.10. The molecule has 0 saturated carbocycles. The zero-order valence-corrected chi connectivity index (χ0v) is 7.10. The minimum atomic E-state index is -0.550. The van der Waals surface area contributed by atoms with Crippen molar-refractivity contribution in [3.8, 4) is 0 Å². The van der Waals surface area contributed by atoms with Gasteiger partial charge in [-0.1, -0.05) is 0 Å². The molecule has 4 radical (unpaired) electrons. The maximum absolute atomic E-state index is 10.3. The number of nitrogens with one attached hydrogen (secondary N) is 2. The van der Waals surface area contributed by atoms with E-state index in [0.717, 1.165) is 12.8 Å². The van der Waals surface area contributed by atoms with Gasteiger partial charge in [0.15, 0.2) is 13.8 Å². The van der Waals surface area contributed by atoms with Crippen molar-refractivity contribution in [1.29, 1.82) is 0 Å². The van der Waals surface area contributed by atoms with E-state index in [9.17, 15) is 4.79 Å². The minimum absolute atomic E-state index is 0.180. The summed E-state index contributed by atoms with van der Waals surface area (Å²) in [6.07, 6.45) is 1.60. The molecule has 1 atom stereocenters. The maximum atomic E-state index is 10.3. The molecule has 0 aromatic carbocycles. The highest BCUT2D eigenvalue weighted by Gasteiger charge is 2.01. The molecule has 0 aliphatic rings. The quantitative estimate of drug-likeness (QED) is 0.225. The highest BCUT2D eigenvalue weighted by atomic mass is 32.1. The first-order valence-electron chi connectivity index (χ1n) is 3.34. The second-order valence-electron chi connectivity index (χ2n) is 2.12. The van der Waals surface area contributed by atoms with Gasteiger partial charge < -0.3 is 10.5 Å². The van der Waals surface area contributed by atoms with Crippen molar-refractivity contribution >= 4 is 34.3 Å². The van der Waals surface area contributed by atoms with Gasteiger partial charge in [0.05, 0.1) is 5.37 Å². The second kappa shape index (κ2) is 6.61. The van der Waals surface area contributed by atoms with Crippen molar-refractivity contribution in [3.63, 3.8) is 0 Å². The van der Waals surface area contributed by atoms with E-state index in [2.05, 4.69) is 23.2 Å². The normalized spacial score (nSPS) is 12.5. The first kappa shape index (κ1) is 10.9. The first-order valence-corrected chi connectivity index (χ1v) is 3.86. The molecule has 6 heteroatoms. The first-order chi connectivity index (χ1) is 5.16. The molecule has 11 heavy (non-hydrogen) atoms. The van der Waals surface area contributed by atoms with Crippen LogP contribution in [0, 0.1) is 0 Å². The van der Waals surface area contributed by atoms with Gasteiger partial charge in [0.25, 0.3) is 0 Å². The van der Waals surface area contributed by atoms with Crippen molar-refractivity contribution < 1.29 is 4.79 Å². The van der Waals surface area contributed by atoms with Crippen LogP contribution in [-0.2, 0) is 0 Å². The minimum Gasteiger partial charge on any atom is -0.366 e. The average molecular weight is 168 g/mol. The Bertz CT molecular complexity index is 125. The monoisotopic (exact) mass is 168 g/mol. The summed E-state index contributed by atoms with van der Waals surface area (Å²) in [6.45, 7) is 0.706. The topological polar surface area (TPSA) is 41.1 Å². The molecule has 0 aromatic heterocycles. The number of hydrogen-bond donors (Lipinski definition) is 3. The van der Waals surface area contributed by atoms with Crippen LogP contribution in [0.2, 0.25) is 0 Å². The summed E-state index contributed by atoms with van der Waals surface area (Å²) < 4.78 is 0. The number of thiol groups is 1. The Morgan fingerprint density at radius 1 is 1.64 bits per heavy atom. The molecular weight excluding hydrogens is 158 g/mol. The molecule has 1 amide bonds. The lowest BCUT2D eigenvalue weighted by molar-refractivity contribution is 0.258. The van der Waals surface area contributed by atoms with Crippen LogP contribution in [0.3, 0.4) is 0 Å². The summed E-state index contributed by atoms with van der Waals surface area (Å²) >= 11 is 4.06. The third-order valence-corrected chi connectivity index (χ3v) is 1.49. The molecule has 3 nitrogen and oxygen atoms in total. The van der Waals surface area contributed by atoms with Crippen LogP contribution in [0.25, 0.3) is 0 Å². The van der Waals surface area contributed by atoms with E-state index in [1.165, 1.54) is 0 Å². The third-order valence-electron chi connectivity index (χ3n) is 1.11. The Hall–Kier alpha value is -0.0901. The zero-order valence-electron chi connectivity index (χ0n) is 6.21. The fourth-order valence-electron chi connectivity index (χ4n) is 0.634. The Balaban J connectivity index is 3.22. The molecule has 2 N–H and O–H groups in total. The second-order valence-corrected chi connectivity index (χ2v) is 2.74. The summed E-state index contributed by atoms with van der Waals surface area (Å²) in [5.74, 6) is -0.550. The van der Waals surface area contributed by atoms with Gasteiger partial charge in [-0.25, -0.2) is 0 Å². The van der Waals surface area contributed by atoms with Gasteiger partial charge in [0.2, 0.25) is 7.85 Å². The molecule has 0 aliphatic carbocycles. The molecule has 0 fully saturated rings. The van der Waals surface area contributed by atoms with Crippen LogP contribution < -0.4 is 10.5 Å². The van der Waals surface area contributed by atoms with Crippen molar-refractivity contribution in [2.45, 2.75) is 18.2 Å². The molecule has 0 bridgehead atoms. The van der Waals surface area contributed by atoms with E-state index in [0.29, 0.717) is 6.54 Å². The fraction of sp³-hybridized carbons (Fsp3) is 0.800. The molecular formula is C5H10B2N2OS. The lowest BCUT2D eigenvalue weighted by atomic mass is 10.1. The Morgan fingerprint density at radius 2 is 2.27 bits per heavy atom. The van der Waals surface area contributed by atoms with Crippen molar-refractivity contribution in [2.24, 2.45) is 0 Å². The molecule has 0 rings (SSSR count).